The predicted octanol–water partition coefficient (Wildman–Crippen LogP) is 5.31. The van der Waals surface area contributed by atoms with Gasteiger partial charge >= 0.3 is 0 Å². The first kappa shape index (κ1) is 18.4. The summed E-state index contributed by atoms with van der Waals surface area (Å²) in [4.78, 5) is 21.3. The fourth-order valence-corrected chi connectivity index (χ4v) is 3.66. The SMILES string of the molecule is CC(NC(=O)c1cnc2c(C3=CCC(C)(C)CC3)cccc2c1)c1ncco1. The molecule has 2 heterocycles. The zero-order chi connectivity index (χ0) is 19.7. The van der Waals surface area contributed by atoms with Gasteiger partial charge in [-0.25, -0.2) is 4.98 Å². The smallest absolute Gasteiger partial charge is 0.253 e. The molecule has 0 fully saturated rings. The van der Waals surface area contributed by atoms with Gasteiger partial charge in [-0.2, -0.15) is 0 Å². The minimum Gasteiger partial charge on any atom is -0.447 e. The third-order valence-electron chi connectivity index (χ3n) is 5.46. The number of oxazole rings is 1. The van der Waals surface area contributed by atoms with E-state index in [0.29, 0.717) is 16.9 Å². The van der Waals surface area contributed by atoms with Crippen LogP contribution in [-0.4, -0.2) is 15.9 Å². The number of nitrogens with zero attached hydrogens (tertiary/aromatic N) is 2. The van der Waals surface area contributed by atoms with Crippen LogP contribution in [0.25, 0.3) is 16.5 Å². The Kier molecular flexibility index (Phi) is 4.75. The van der Waals surface area contributed by atoms with Crippen LogP contribution in [-0.2, 0) is 0 Å². The molecule has 0 bridgehead atoms. The number of para-hydroxylation sites is 1. The van der Waals surface area contributed by atoms with E-state index in [0.717, 1.165) is 23.7 Å². The number of amides is 1. The van der Waals surface area contributed by atoms with E-state index in [1.165, 1.54) is 23.8 Å². The Bertz CT molecular complexity index is 1040. The molecule has 5 nitrogen and oxygen atoms in total. The minimum atomic E-state index is -0.305. The van der Waals surface area contributed by atoms with Crippen molar-refractivity contribution in [1.29, 1.82) is 0 Å². The van der Waals surface area contributed by atoms with Crippen LogP contribution in [0.2, 0.25) is 0 Å². The van der Waals surface area contributed by atoms with Gasteiger partial charge in [0.05, 0.1) is 17.3 Å². The monoisotopic (exact) mass is 375 g/mol. The number of pyridine rings is 1. The van der Waals surface area contributed by atoms with Crippen LogP contribution < -0.4 is 5.32 Å². The molecule has 0 saturated heterocycles. The molecular formula is C23H25N3O2. The van der Waals surface area contributed by atoms with Gasteiger partial charge < -0.3 is 9.73 Å². The van der Waals surface area contributed by atoms with Crippen molar-refractivity contribution in [1.82, 2.24) is 15.3 Å². The molecule has 3 aromatic rings. The lowest BCUT2D eigenvalue weighted by Gasteiger charge is -2.29. The molecule has 1 aromatic carbocycles. The molecule has 1 aliphatic carbocycles. The lowest BCUT2D eigenvalue weighted by Crippen LogP contribution is -2.26. The van der Waals surface area contributed by atoms with Gasteiger partial charge in [0.25, 0.3) is 5.91 Å². The second-order valence-corrected chi connectivity index (χ2v) is 8.26. The Hall–Kier alpha value is -2.95. The molecule has 1 atom stereocenters. The molecule has 1 aliphatic rings. The summed E-state index contributed by atoms with van der Waals surface area (Å²) < 4.78 is 5.25. The first-order chi connectivity index (χ1) is 13.4. The van der Waals surface area contributed by atoms with E-state index >= 15 is 0 Å². The fraction of sp³-hybridized carbons (Fsp3) is 0.348. The zero-order valence-electron chi connectivity index (χ0n) is 16.5. The number of nitrogens with one attached hydrogen (secondary N) is 1. The maximum atomic E-state index is 12.6. The van der Waals surface area contributed by atoms with Gasteiger partial charge in [-0.05, 0) is 43.2 Å². The minimum absolute atomic E-state index is 0.191. The second-order valence-electron chi connectivity index (χ2n) is 8.26. The molecule has 0 spiro atoms. The Labute approximate surface area is 164 Å². The Morgan fingerprint density at radius 2 is 2.14 bits per heavy atom. The van der Waals surface area contributed by atoms with Gasteiger partial charge in [-0.3, -0.25) is 9.78 Å². The fourth-order valence-electron chi connectivity index (χ4n) is 3.66. The lowest BCUT2D eigenvalue weighted by molar-refractivity contribution is 0.0934. The van der Waals surface area contributed by atoms with E-state index in [4.69, 9.17) is 4.42 Å². The highest BCUT2D eigenvalue weighted by Gasteiger charge is 2.23. The summed E-state index contributed by atoms with van der Waals surface area (Å²) in [7, 11) is 0. The van der Waals surface area contributed by atoms with Crippen molar-refractivity contribution in [2.24, 2.45) is 5.41 Å². The molecule has 144 valence electrons. The van der Waals surface area contributed by atoms with Crippen molar-refractivity contribution >= 4 is 22.4 Å². The molecule has 1 N–H and O–H groups in total. The highest BCUT2D eigenvalue weighted by Crippen LogP contribution is 2.39. The van der Waals surface area contributed by atoms with Crippen molar-refractivity contribution in [2.45, 2.75) is 46.1 Å². The number of carbonyl (C=O) groups excluding carboxylic acids is 1. The first-order valence-corrected chi connectivity index (χ1v) is 9.71. The summed E-state index contributed by atoms with van der Waals surface area (Å²) in [5, 5.41) is 3.88. The third kappa shape index (κ3) is 3.70. The van der Waals surface area contributed by atoms with E-state index in [1.54, 1.807) is 12.4 Å². The number of carbonyl (C=O) groups is 1. The Balaban J connectivity index is 1.60. The molecule has 0 radical (unpaired) electrons. The molecule has 4 rings (SSSR count). The van der Waals surface area contributed by atoms with Crippen LogP contribution in [0, 0.1) is 5.41 Å². The maximum Gasteiger partial charge on any atom is 0.253 e. The second kappa shape index (κ2) is 7.23. The predicted molar refractivity (Wildman–Crippen MR) is 110 cm³/mol. The van der Waals surface area contributed by atoms with Crippen LogP contribution in [0.1, 0.15) is 67.9 Å². The number of hydrogen-bond acceptors (Lipinski definition) is 4. The average Bonchev–Trinajstić information content (AvgIpc) is 3.22. The number of aromatic nitrogens is 2. The van der Waals surface area contributed by atoms with Crippen molar-refractivity contribution in [3.8, 4) is 0 Å². The Morgan fingerprint density at radius 1 is 1.29 bits per heavy atom. The maximum absolute atomic E-state index is 12.6. The third-order valence-corrected chi connectivity index (χ3v) is 5.46. The van der Waals surface area contributed by atoms with Gasteiger partial charge in [-0.1, -0.05) is 38.1 Å². The Morgan fingerprint density at radius 3 is 2.86 bits per heavy atom. The summed E-state index contributed by atoms with van der Waals surface area (Å²) >= 11 is 0. The quantitative estimate of drug-likeness (QED) is 0.671. The lowest BCUT2D eigenvalue weighted by atomic mass is 9.77. The van der Waals surface area contributed by atoms with Crippen LogP contribution in [0.4, 0.5) is 0 Å². The van der Waals surface area contributed by atoms with Gasteiger partial charge in [0, 0.05) is 17.1 Å². The summed E-state index contributed by atoms with van der Waals surface area (Å²) in [6.07, 6.45) is 10.4. The van der Waals surface area contributed by atoms with Crippen LogP contribution in [0.5, 0.6) is 0 Å². The van der Waals surface area contributed by atoms with Crippen molar-refractivity contribution in [2.75, 3.05) is 0 Å². The highest BCUT2D eigenvalue weighted by molar-refractivity contribution is 5.99. The number of benzene rings is 1. The van der Waals surface area contributed by atoms with Gasteiger partial charge in [-0.15, -0.1) is 0 Å². The summed E-state index contributed by atoms with van der Waals surface area (Å²) in [6.45, 7) is 6.46. The van der Waals surface area contributed by atoms with Crippen LogP contribution in [0.3, 0.4) is 0 Å². The van der Waals surface area contributed by atoms with Crippen LogP contribution in [0.15, 0.2) is 53.4 Å². The zero-order valence-corrected chi connectivity index (χ0v) is 16.5. The normalized spacial score (nSPS) is 17.2. The largest absolute Gasteiger partial charge is 0.447 e. The summed E-state index contributed by atoms with van der Waals surface area (Å²) in [6, 6.07) is 7.77. The highest BCUT2D eigenvalue weighted by atomic mass is 16.3. The molecule has 28 heavy (non-hydrogen) atoms. The van der Waals surface area contributed by atoms with E-state index < -0.39 is 0 Å². The van der Waals surface area contributed by atoms with Crippen molar-refractivity contribution < 1.29 is 9.21 Å². The van der Waals surface area contributed by atoms with E-state index in [1.807, 2.05) is 25.1 Å². The number of allylic oxidation sites excluding steroid dienone is 2. The topological polar surface area (TPSA) is 68.0 Å². The summed E-state index contributed by atoms with van der Waals surface area (Å²) in [5.74, 6) is 0.292. The molecule has 1 amide bonds. The van der Waals surface area contributed by atoms with Gasteiger partial charge in [0.2, 0.25) is 5.89 Å². The van der Waals surface area contributed by atoms with Crippen molar-refractivity contribution in [3.63, 3.8) is 0 Å². The number of fused-ring (bicyclic) bond motifs is 1. The molecule has 0 aliphatic heterocycles. The summed E-state index contributed by atoms with van der Waals surface area (Å²) in [5.41, 5.74) is 4.37. The van der Waals surface area contributed by atoms with Gasteiger partial charge in [0.1, 0.15) is 12.3 Å². The van der Waals surface area contributed by atoms with E-state index in [2.05, 4.69) is 41.3 Å². The first-order valence-electron chi connectivity index (χ1n) is 9.71. The number of rotatable bonds is 4. The average molecular weight is 375 g/mol. The van der Waals surface area contributed by atoms with Crippen molar-refractivity contribution in [3.05, 3.63) is 66.0 Å². The van der Waals surface area contributed by atoms with E-state index in [9.17, 15) is 4.79 Å². The number of hydrogen-bond donors (Lipinski definition) is 1. The standard InChI is InChI=1S/C23H25N3O2/c1-15(22-24-11-12-28-22)26-21(27)18-13-17-5-4-6-19(20(17)25-14-18)16-7-9-23(2,3)10-8-16/h4-7,11-15H,8-10H2,1-3H3,(H,26,27). The molecular weight excluding hydrogens is 350 g/mol. The van der Waals surface area contributed by atoms with E-state index in [-0.39, 0.29) is 11.9 Å². The molecule has 5 heteroatoms. The van der Waals surface area contributed by atoms with Crippen LogP contribution >= 0.6 is 0 Å². The molecule has 1 unspecified atom stereocenters. The molecule has 0 saturated carbocycles. The molecule has 2 aromatic heterocycles. The van der Waals surface area contributed by atoms with Gasteiger partial charge in [0.15, 0.2) is 0 Å².